The van der Waals surface area contributed by atoms with E-state index in [1.807, 2.05) is 104 Å². The molecule has 2 aliphatic rings. The maximum Gasteiger partial charge on any atom is 0.414 e. The van der Waals surface area contributed by atoms with Crippen LogP contribution in [-0.2, 0) is 35.0 Å². The molecule has 0 unspecified atom stereocenters. The van der Waals surface area contributed by atoms with Crippen LogP contribution in [0.3, 0.4) is 0 Å². The molecule has 2 heterocycles. The lowest BCUT2D eigenvalue weighted by Gasteiger charge is -2.28. The Bertz CT molecular complexity index is 1510. The van der Waals surface area contributed by atoms with Gasteiger partial charge in [0, 0.05) is 25.6 Å². The third-order valence-electron chi connectivity index (χ3n) is 8.35. The number of ether oxygens (including phenoxy) is 8. The largest absolute Gasteiger partial charge is 0.497 e. The van der Waals surface area contributed by atoms with Crippen molar-refractivity contribution in [1.29, 1.82) is 0 Å². The fourth-order valence-electron chi connectivity index (χ4n) is 5.70. The van der Waals surface area contributed by atoms with Crippen molar-refractivity contribution in [3.63, 3.8) is 0 Å². The average molecular weight is 696 g/mol. The number of benzene rings is 2. The summed E-state index contributed by atoms with van der Waals surface area (Å²) in [7, 11) is 3.12. The zero-order valence-electron chi connectivity index (χ0n) is 31.0. The Labute approximate surface area is 296 Å². The lowest BCUT2D eigenvalue weighted by molar-refractivity contribution is -0.156. The minimum Gasteiger partial charge on any atom is -0.497 e. The molecule has 0 bridgehead atoms. The van der Waals surface area contributed by atoms with Gasteiger partial charge in [0.2, 0.25) is 0 Å². The molecule has 4 rings (SSSR count). The molecule has 2 aliphatic heterocycles. The number of carbonyl (C=O) groups excluding carboxylic acids is 2. The van der Waals surface area contributed by atoms with E-state index in [1.54, 1.807) is 19.2 Å². The monoisotopic (exact) mass is 695 g/mol. The van der Waals surface area contributed by atoms with Gasteiger partial charge in [-0.25, -0.2) is 9.59 Å². The molecule has 0 spiro atoms. The third kappa shape index (κ3) is 10.3. The van der Waals surface area contributed by atoms with Crippen LogP contribution in [0.25, 0.3) is 6.08 Å². The Morgan fingerprint density at radius 1 is 1.04 bits per heavy atom. The Morgan fingerprint density at radius 2 is 1.76 bits per heavy atom. The molecule has 11 heteroatoms. The summed E-state index contributed by atoms with van der Waals surface area (Å²) in [6.45, 7) is 15.4. The molecule has 0 saturated carbocycles. The highest BCUT2D eigenvalue weighted by atomic mass is 16.8. The number of amides is 1. The van der Waals surface area contributed by atoms with Crippen LogP contribution in [0.5, 0.6) is 11.5 Å². The number of carbonyl (C=O) groups is 2. The molecule has 0 radical (unpaired) electrons. The van der Waals surface area contributed by atoms with E-state index in [4.69, 9.17) is 37.9 Å². The van der Waals surface area contributed by atoms with Gasteiger partial charge in [0.05, 0.1) is 25.5 Å². The van der Waals surface area contributed by atoms with Crippen LogP contribution in [0, 0.1) is 5.92 Å². The smallest absolute Gasteiger partial charge is 0.414 e. The summed E-state index contributed by atoms with van der Waals surface area (Å²) in [5, 5.41) is 0. The maximum absolute atomic E-state index is 13.9. The maximum atomic E-state index is 13.9. The SMILES string of the molecule is CCN(C(=O)OC(C)(C)C)c1cc2c(c(OCOC)c1)C(=O)O[C@@H](C)[C@H](C)/C=C\[C@@H](OCc1ccc(OC)cc1)[C@H]1OC(C)(C)O[C@H]1C/C=C/2. The second kappa shape index (κ2) is 16.9. The molecule has 1 amide bonds. The molecule has 2 aromatic carbocycles. The number of rotatable bonds is 9. The summed E-state index contributed by atoms with van der Waals surface area (Å²) in [6, 6.07) is 11.1. The molecule has 2 aromatic rings. The fraction of sp³-hybridized carbons (Fsp3) is 0.538. The van der Waals surface area contributed by atoms with Crippen molar-refractivity contribution in [2.24, 2.45) is 5.92 Å². The van der Waals surface area contributed by atoms with Crippen LogP contribution >= 0.6 is 0 Å². The van der Waals surface area contributed by atoms with Crippen LogP contribution in [0.1, 0.15) is 83.3 Å². The number of nitrogens with zero attached hydrogens (tertiary/aromatic N) is 1. The number of methoxy groups -OCH3 is 2. The van der Waals surface area contributed by atoms with Gasteiger partial charge >= 0.3 is 12.1 Å². The van der Waals surface area contributed by atoms with E-state index < -0.39 is 41.8 Å². The number of esters is 1. The first-order valence-electron chi connectivity index (χ1n) is 17.1. The summed E-state index contributed by atoms with van der Waals surface area (Å²) >= 11 is 0. The second-order valence-corrected chi connectivity index (χ2v) is 13.9. The van der Waals surface area contributed by atoms with Crippen LogP contribution in [0.15, 0.2) is 54.6 Å². The number of fused-ring (bicyclic) bond motifs is 2. The van der Waals surface area contributed by atoms with Crippen molar-refractivity contribution in [2.75, 3.05) is 32.5 Å². The minimum absolute atomic E-state index is 0.123. The predicted octanol–water partition coefficient (Wildman–Crippen LogP) is 7.70. The van der Waals surface area contributed by atoms with Crippen molar-refractivity contribution in [3.05, 3.63) is 71.3 Å². The second-order valence-electron chi connectivity index (χ2n) is 13.9. The highest BCUT2D eigenvalue weighted by molar-refractivity contribution is 5.99. The number of hydrogen-bond donors (Lipinski definition) is 0. The lowest BCUT2D eigenvalue weighted by atomic mass is 9.98. The quantitative estimate of drug-likeness (QED) is 0.147. The minimum atomic E-state index is -0.855. The van der Waals surface area contributed by atoms with Gasteiger partial charge in [0.25, 0.3) is 0 Å². The van der Waals surface area contributed by atoms with E-state index in [0.29, 0.717) is 30.8 Å². The molecule has 1 fully saturated rings. The van der Waals surface area contributed by atoms with Gasteiger partial charge in [-0.1, -0.05) is 43.4 Å². The average Bonchev–Trinajstić information content (AvgIpc) is 3.36. The van der Waals surface area contributed by atoms with Crippen molar-refractivity contribution < 1.29 is 47.5 Å². The van der Waals surface area contributed by atoms with Crippen molar-refractivity contribution in [2.45, 2.75) is 104 Å². The molecule has 5 atom stereocenters. The Morgan fingerprint density at radius 3 is 2.40 bits per heavy atom. The van der Waals surface area contributed by atoms with E-state index in [-0.39, 0.29) is 30.1 Å². The zero-order chi connectivity index (χ0) is 36.6. The lowest BCUT2D eigenvalue weighted by Crippen LogP contribution is -2.37. The highest BCUT2D eigenvalue weighted by Gasteiger charge is 2.44. The Balaban J connectivity index is 1.76. The number of cyclic esters (lactones) is 1. The normalized spacial score (nSPS) is 24.9. The third-order valence-corrected chi connectivity index (χ3v) is 8.35. The fourth-order valence-corrected chi connectivity index (χ4v) is 5.70. The molecule has 0 aromatic heterocycles. The molecular weight excluding hydrogens is 642 g/mol. The molecule has 50 heavy (non-hydrogen) atoms. The molecule has 1 saturated heterocycles. The number of hydrogen-bond acceptors (Lipinski definition) is 10. The van der Waals surface area contributed by atoms with Gasteiger partial charge in [-0.05, 0) is 84.2 Å². The Hall–Kier alpha value is -3.90. The predicted molar refractivity (Wildman–Crippen MR) is 190 cm³/mol. The summed E-state index contributed by atoms with van der Waals surface area (Å²) in [5.74, 6) is -0.633. The summed E-state index contributed by atoms with van der Waals surface area (Å²) in [4.78, 5) is 28.7. The molecule has 0 N–H and O–H groups in total. The van der Waals surface area contributed by atoms with Crippen molar-refractivity contribution >= 4 is 23.8 Å². The van der Waals surface area contributed by atoms with E-state index in [1.165, 1.54) is 12.0 Å². The van der Waals surface area contributed by atoms with Gasteiger partial charge in [-0.3, -0.25) is 4.90 Å². The van der Waals surface area contributed by atoms with Gasteiger partial charge in [-0.15, -0.1) is 0 Å². The molecule has 11 nitrogen and oxygen atoms in total. The van der Waals surface area contributed by atoms with E-state index in [2.05, 4.69) is 0 Å². The first-order chi connectivity index (χ1) is 23.6. The summed E-state index contributed by atoms with van der Waals surface area (Å²) < 4.78 is 47.5. The van der Waals surface area contributed by atoms with Gasteiger partial charge in [-0.2, -0.15) is 0 Å². The highest BCUT2D eigenvalue weighted by Crippen LogP contribution is 2.36. The van der Waals surface area contributed by atoms with E-state index in [0.717, 1.165) is 11.3 Å². The van der Waals surface area contributed by atoms with Crippen LogP contribution in [0.4, 0.5) is 10.5 Å². The van der Waals surface area contributed by atoms with Gasteiger partial charge in [0.1, 0.15) is 41.0 Å². The molecule has 0 aliphatic carbocycles. The standard InChI is InChI=1S/C39H53NO10/c1-11-40(37(42)50-38(4,5)6)29-21-28-13-12-14-32-35(49-39(7,8)48-32)31(45-23-27-16-18-30(44-10)19-17-27)20-15-25(2)26(3)47-36(41)34(28)33(22-29)46-24-43-9/h12-13,15-22,25-26,31-32,35H,11,14,23-24H2,1-10H3/b13-12+,20-15-/t25-,26+,31-,32+,35-/m1/s1. The van der Waals surface area contributed by atoms with Crippen LogP contribution in [-0.4, -0.2) is 75.4 Å². The van der Waals surface area contributed by atoms with Crippen LogP contribution in [0.2, 0.25) is 0 Å². The van der Waals surface area contributed by atoms with E-state index >= 15 is 0 Å². The van der Waals surface area contributed by atoms with Crippen molar-refractivity contribution in [3.8, 4) is 11.5 Å². The van der Waals surface area contributed by atoms with Crippen LogP contribution < -0.4 is 14.4 Å². The van der Waals surface area contributed by atoms with Crippen molar-refractivity contribution in [1.82, 2.24) is 0 Å². The summed E-state index contributed by atoms with van der Waals surface area (Å²) in [6.07, 6.45) is 5.81. The first kappa shape index (κ1) is 38.9. The molecular formula is C39H53NO10. The summed E-state index contributed by atoms with van der Waals surface area (Å²) in [5.41, 5.74) is 1.47. The van der Waals surface area contributed by atoms with Gasteiger partial charge in [0.15, 0.2) is 12.6 Å². The Kier molecular flexibility index (Phi) is 13.1. The number of anilines is 1. The zero-order valence-corrected chi connectivity index (χ0v) is 31.0. The van der Waals surface area contributed by atoms with E-state index in [9.17, 15) is 9.59 Å². The molecule has 274 valence electrons. The van der Waals surface area contributed by atoms with Gasteiger partial charge < -0.3 is 37.9 Å². The topological polar surface area (TPSA) is 111 Å². The first-order valence-corrected chi connectivity index (χ1v) is 17.1.